The molecule has 0 heterocycles. The maximum atomic E-state index is 5.67. The van der Waals surface area contributed by atoms with Crippen molar-refractivity contribution in [1.82, 2.24) is 5.32 Å². The van der Waals surface area contributed by atoms with Crippen LogP contribution in [0.3, 0.4) is 0 Å². The molecule has 2 rings (SSSR count). The van der Waals surface area contributed by atoms with Gasteiger partial charge in [-0.2, -0.15) is 0 Å². The van der Waals surface area contributed by atoms with E-state index in [1.54, 1.807) is 0 Å². The van der Waals surface area contributed by atoms with Crippen LogP contribution in [0.5, 0.6) is 0 Å². The number of benzene rings is 1. The summed E-state index contributed by atoms with van der Waals surface area (Å²) in [5.74, 6) is 0.851. The summed E-state index contributed by atoms with van der Waals surface area (Å²) in [7, 11) is 0. The number of ether oxygens (including phenoxy) is 1. The molecular formula is C15H23NO. The molecule has 1 aromatic carbocycles. The zero-order chi connectivity index (χ0) is 12.1. The van der Waals surface area contributed by atoms with Crippen molar-refractivity contribution in [3.8, 4) is 0 Å². The first-order valence-corrected chi connectivity index (χ1v) is 6.63. The van der Waals surface area contributed by atoms with Gasteiger partial charge in [-0.1, -0.05) is 38.1 Å². The lowest BCUT2D eigenvalue weighted by atomic mass is 10.1. The van der Waals surface area contributed by atoms with Crippen molar-refractivity contribution in [2.75, 3.05) is 6.61 Å². The van der Waals surface area contributed by atoms with Gasteiger partial charge in [0.2, 0.25) is 0 Å². The van der Waals surface area contributed by atoms with Crippen molar-refractivity contribution >= 4 is 0 Å². The van der Waals surface area contributed by atoms with Gasteiger partial charge in [0.05, 0.1) is 6.61 Å². The molecule has 0 saturated heterocycles. The van der Waals surface area contributed by atoms with E-state index in [9.17, 15) is 0 Å². The van der Waals surface area contributed by atoms with Crippen LogP contribution >= 0.6 is 0 Å². The monoisotopic (exact) mass is 233 g/mol. The molecule has 94 valence electrons. The lowest BCUT2D eigenvalue weighted by molar-refractivity contribution is 0.111. The second-order valence-corrected chi connectivity index (χ2v) is 5.31. The predicted molar refractivity (Wildman–Crippen MR) is 70.8 cm³/mol. The molecule has 0 aliphatic heterocycles. The van der Waals surface area contributed by atoms with Crippen molar-refractivity contribution in [2.45, 2.75) is 45.9 Å². The number of rotatable bonds is 7. The van der Waals surface area contributed by atoms with Gasteiger partial charge in [0.1, 0.15) is 0 Å². The maximum absolute atomic E-state index is 5.67. The fraction of sp³-hybridized carbons (Fsp3) is 0.600. The van der Waals surface area contributed by atoms with Gasteiger partial charge in [0.15, 0.2) is 0 Å². The van der Waals surface area contributed by atoms with Crippen LogP contribution in [-0.4, -0.2) is 12.6 Å². The van der Waals surface area contributed by atoms with Crippen LogP contribution in [0.15, 0.2) is 24.3 Å². The molecule has 0 bridgehead atoms. The molecule has 2 heteroatoms. The lowest BCUT2D eigenvalue weighted by Gasteiger charge is -2.09. The summed E-state index contributed by atoms with van der Waals surface area (Å²) >= 11 is 0. The van der Waals surface area contributed by atoms with E-state index in [4.69, 9.17) is 4.74 Å². The molecule has 1 aromatic rings. The third kappa shape index (κ3) is 4.88. The highest BCUT2D eigenvalue weighted by Gasteiger charge is 2.20. The smallest absolute Gasteiger partial charge is 0.0717 e. The van der Waals surface area contributed by atoms with E-state index in [-0.39, 0.29) is 0 Å². The summed E-state index contributed by atoms with van der Waals surface area (Å²) in [5.41, 5.74) is 2.61. The van der Waals surface area contributed by atoms with Gasteiger partial charge in [-0.25, -0.2) is 0 Å². The Bertz CT molecular complexity index is 327. The van der Waals surface area contributed by atoms with Crippen LogP contribution in [0.1, 0.15) is 37.8 Å². The Hall–Kier alpha value is -0.860. The molecule has 0 atom stereocenters. The molecule has 17 heavy (non-hydrogen) atoms. The van der Waals surface area contributed by atoms with E-state index in [1.807, 2.05) is 0 Å². The summed E-state index contributed by atoms with van der Waals surface area (Å²) in [4.78, 5) is 0. The van der Waals surface area contributed by atoms with Crippen LogP contribution in [-0.2, 0) is 17.9 Å². The summed E-state index contributed by atoms with van der Waals surface area (Å²) < 4.78 is 5.67. The average molecular weight is 233 g/mol. The first-order valence-electron chi connectivity index (χ1n) is 6.63. The van der Waals surface area contributed by atoms with Crippen LogP contribution < -0.4 is 5.32 Å². The molecule has 1 N–H and O–H groups in total. The second-order valence-electron chi connectivity index (χ2n) is 5.31. The van der Waals surface area contributed by atoms with Gasteiger partial charge < -0.3 is 10.1 Å². The molecule has 1 saturated carbocycles. The highest BCUT2D eigenvalue weighted by molar-refractivity contribution is 5.21. The Morgan fingerprint density at radius 2 is 1.82 bits per heavy atom. The third-order valence-corrected chi connectivity index (χ3v) is 3.06. The largest absolute Gasteiger partial charge is 0.376 e. The van der Waals surface area contributed by atoms with Crippen LogP contribution in [0.25, 0.3) is 0 Å². The summed E-state index contributed by atoms with van der Waals surface area (Å²) in [5, 5.41) is 3.42. The third-order valence-electron chi connectivity index (χ3n) is 3.06. The lowest BCUT2D eigenvalue weighted by Crippen LogP contribution is -2.21. The fourth-order valence-corrected chi connectivity index (χ4v) is 1.70. The van der Waals surface area contributed by atoms with E-state index in [0.717, 1.165) is 25.7 Å². The average Bonchev–Trinajstić information content (AvgIpc) is 3.12. The molecule has 0 aromatic heterocycles. The fourth-order valence-electron chi connectivity index (χ4n) is 1.70. The van der Waals surface area contributed by atoms with Crippen molar-refractivity contribution in [1.29, 1.82) is 0 Å². The zero-order valence-electron chi connectivity index (χ0n) is 10.9. The number of hydrogen-bond donors (Lipinski definition) is 1. The predicted octanol–water partition coefficient (Wildman–Crippen LogP) is 3.11. The normalized spacial score (nSPS) is 15.5. The molecule has 0 unspecified atom stereocenters. The standard InChI is InChI=1S/C15H23NO/c1-12(2)16-9-13-3-5-14(6-4-13)10-17-11-15-7-8-15/h3-6,12,15-16H,7-11H2,1-2H3. The second kappa shape index (κ2) is 6.18. The number of nitrogens with one attached hydrogen (secondary N) is 1. The minimum atomic E-state index is 0.538. The van der Waals surface area contributed by atoms with E-state index >= 15 is 0 Å². The van der Waals surface area contributed by atoms with Crippen molar-refractivity contribution in [2.24, 2.45) is 5.92 Å². The molecule has 0 amide bonds. The highest BCUT2D eigenvalue weighted by atomic mass is 16.5. The van der Waals surface area contributed by atoms with Gasteiger partial charge >= 0.3 is 0 Å². The van der Waals surface area contributed by atoms with Gasteiger partial charge in [0, 0.05) is 19.2 Å². The van der Waals surface area contributed by atoms with Crippen molar-refractivity contribution in [3.63, 3.8) is 0 Å². The van der Waals surface area contributed by atoms with Crippen molar-refractivity contribution < 1.29 is 4.74 Å². The van der Waals surface area contributed by atoms with Gasteiger partial charge in [-0.3, -0.25) is 0 Å². The van der Waals surface area contributed by atoms with Gasteiger partial charge in [0.25, 0.3) is 0 Å². The maximum Gasteiger partial charge on any atom is 0.0717 e. The van der Waals surface area contributed by atoms with E-state index < -0.39 is 0 Å². The number of hydrogen-bond acceptors (Lipinski definition) is 2. The minimum absolute atomic E-state index is 0.538. The summed E-state index contributed by atoms with van der Waals surface area (Å²) in [6.45, 7) is 6.98. The summed E-state index contributed by atoms with van der Waals surface area (Å²) in [6, 6.07) is 9.25. The van der Waals surface area contributed by atoms with Crippen LogP contribution in [0.2, 0.25) is 0 Å². The molecule has 0 radical (unpaired) electrons. The first kappa shape index (κ1) is 12.6. The Kier molecular flexibility index (Phi) is 4.57. The SMILES string of the molecule is CC(C)NCc1ccc(COCC2CC2)cc1. The quantitative estimate of drug-likeness (QED) is 0.781. The molecule has 1 fully saturated rings. The Morgan fingerprint density at radius 1 is 1.18 bits per heavy atom. The van der Waals surface area contributed by atoms with Crippen molar-refractivity contribution in [3.05, 3.63) is 35.4 Å². The highest BCUT2D eigenvalue weighted by Crippen LogP contribution is 2.29. The Labute approximate surface area is 104 Å². The molecular weight excluding hydrogens is 210 g/mol. The van der Waals surface area contributed by atoms with Gasteiger partial charge in [-0.05, 0) is 29.9 Å². The topological polar surface area (TPSA) is 21.3 Å². The minimum Gasteiger partial charge on any atom is -0.376 e. The van der Waals surface area contributed by atoms with Crippen LogP contribution in [0, 0.1) is 5.92 Å². The first-order chi connectivity index (χ1) is 8.24. The summed E-state index contributed by atoms with van der Waals surface area (Å²) in [6.07, 6.45) is 2.72. The molecule has 1 aliphatic rings. The van der Waals surface area contributed by atoms with Crippen LogP contribution in [0.4, 0.5) is 0 Å². The Balaban J connectivity index is 1.71. The Morgan fingerprint density at radius 3 is 2.41 bits per heavy atom. The van der Waals surface area contributed by atoms with E-state index in [0.29, 0.717) is 6.04 Å². The zero-order valence-corrected chi connectivity index (χ0v) is 10.9. The van der Waals surface area contributed by atoms with E-state index in [2.05, 4.69) is 43.4 Å². The molecule has 1 aliphatic carbocycles. The molecule has 0 spiro atoms. The van der Waals surface area contributed by atoms with Gasteiger partial charge in [-0.15, -0.1) is 0 Å². The molecule has 2 nitrogen and oxygen atoms in total. The van der Waals surface area contributed by atoms with E-state index in [1.165, 1.54) is 24.0 Å².